The molecule has 0 bridgehead atoms. The summed E-state index contributed by atoms with van der Waals surface area (Å²) in [7, 11) is 1.53. The number of pyridine rings is 1. The van der Waals surface area contributed by atoms with Gasteiger partial charge in [-0.05, 0) is 85.6 Å². The molecule has 43 heavy (non-hydrogen) atoms. The number of amides is 3. The topological polar surface area (TPSA) is 134 Å². The number of rotatable bonds is 9. The molecule has 216 valence electrons. The van der Waals surface area contributed by atoms with Gasteiger partial charge in [-0.2, -0.15) is 0 Å². The Hall–Kier alpha value is -5.71. The van der Waals surface area contributed by atoms with Crippen LogP contribution in [0.3, 0.4) is 0 Å². The number of para-hydroxylation sites is 2. The van der Waals surface area contributed by atoms with E-state index in [1.165, 1.54) is 31.4 Å². The normalized spacial score (nSPS) is 13.2. The number of aromatic nitrogens is 2. The molecule has 0 spiro atoms. The monoisotopic (exact) mass is 579 g/mol. The second-order valence-corrected chi connectivity index (χ2v) is 10.0. The van der Waals surface area contributed by atoms with Gasteiger partial charge in [-0.1, -0.05) is 12.1 Å². The highest BCUT2D eigenvalue weighted by atomic mass is 19.1. The van der Waals surface area contributed by atoms with Crippen molar-refractivity contribution in [2.24, 2.45) is 5.41 Å². The molecule has 10 nitrogen and oxygen atoms in total. The van der Waals surface area contributed by atoms with Crippen LogP contribution < -0.4 is 25.4 Å². The quantitative estimate of drug-likeness (QED) is 0.156. The highest BCUT2D eigenvalue weighted by molar-refractivity contribution is 6.17. The number of methoxy groups -OCH3 is 1. The summed E-state index contributed by atoms with van der Waals surface area (Å²) in [5.41, 5.74) is 1.04. The second-order valence-electron chi connectivity index (χ2n) is 10.0. The van der Waals surface area contributed by atoms with E-state index in [0.29, 0.717) is 63.9 Å². The summed E-state index contributed by atoms with van der Waals surface area (Å²) in [6.07, 6.45) is 2.40. The minimum Gasteiger partial charge on any atom is -0.495 e. The third-order valence-corrected chi connectivity index (χ3v) is 7.15. The third-order valence-electron chi connectivity index (χ3n) is 7.15. The largest absolute Gasteiger partial charge is 0.495 e. The minimum atomic E-state index is -1.17. The van der Waals surface area contributed by atoms with Gasteiger partial charge in [-0.15, -0.1) is 0 Å². The number of nitrogens with zero attached hydrogens (tertiary/aromatic N) is 1. The van der Waals surface area contributed by atoms with E-state index in [9.17, 15) is 18.8 Å². The summed E-state index contributed by atoms with van der Waals surface area (Å²) >= 11 is 0. The van der Waals surface area contributed by atoms with Gasteiger partial charge in [0, 0.05) is 17.6 Å². The molecule has 4 N–H and O–H groups in total. The molecule has 0 saturated heterocycles. The summed E-state index contributed by atoms with van der Waals surface area (Å²) < 4.78 is 24.6. The number of hydrogen-bond acceptors (Lipinski definition) is 6. The number of carbonyl (C=O) groups is 3. The van der Waals surface area contributed by atoms with Crippen LogP contribution in [0.4, 0.5) is 21.5 Å². The molecule has 3 amide bonds. The van der Waals surface area contributed by atoms with Gasteiger partial charge in [-0.25, -0.2) is 9.37 Å². The van der Waals surface area contributed by atoms with Crippen molar-refractivity contribution in [3.63, 3.8) is 0 Å². The van der Waals surface area contributed by atoms with E-state index in [2.05, 4.69) is 25.9 Å². The Bertz CT molecular complexity index is 1830. The molecule has 5 aromatic rings. The molecular formula is C32H26FN5O5. The van der Waals surface area contributed by atoms with E-state index in [4.69, 9.17) is 9.47 Å². The SMILES string of the molecule is COc1ccccc1NC(=O)c1cc2c(Oc3ccc(NC(=O)C4(C(=O)Nc5ccc(F)cc5)CC4)cc3)ccnc2[nH]1. The van der Waals surface area contributed by atoms with Gasteiger partial charge >= 0.3 is 0 Å². The Labute approximate surface area is 245 Å². The molecular weight excluding hydrogens is 553 g/mol. The average molecular weight is 580 g/mol. The Balaban J connectivity index is 1.11. The maximum atomic E-state index is 13.2. The Morgan fingerprint density at radius 3 is 2.14 bits per heavy atom. The van der Waals surface area contributed by atoms with E-state index >= 15 is 0 Å². The number of halogens is 1. The zero-order valence-electron chi connectivity index (χ0n) is 22.9. The molecule has 1 aliphatic carbocycles. The van der Waals surface area contributed by atoms with Crippen LogP contribution in [0.5, 0.6) is 17.2 Å². The molecule has 6 rings (SSSR count). The van der Waals surface area contributed by atoms with Crippen molar-refractivity contribution >= 4 is 45.8 Å². The Kier molecular flexibility index (Phi) is 7.21. The third kappa shape index (κ3) is 5.73. The van der Waals surface area contributed by atoms with E-state index < -0.39 is 23.0 Å². The summed E-state index contributed by atoms with van der Waals surface area (Å²) in [6, 6.07) is 22.5. The van der Waals surface area contributed by atoms with Gasteiger partial charge in [0.2, 0.25) is 11.8 Å². The van der Waals surface area contributed by atoms with Crippen LogP contribution >= 0.6 is 0 Å². The molecule has 0 aliphatic heterocycles. The smallest absolute Gasteiger partial charge is 0.272 e. The predicted molar refractivity (Wildman–Crippen MR) is 159 cm³/mol. The standard InChI is InChI=1S/C32H26FN5O5/c1-42-27-5-3-2-4-24(27)38-29(39)25-18-23-26(14-17-34-28(23)37-25)43-22-12-10-21(11-13-22)36-31(41)32(15-16-32)30(40)35-20-8-6-19(33)7-9-20/h2-14,17-18H,15-16H2,1H3,(H,34,37)(H,35,40)(H,36,41)(H,38,39). The first-order chi connectivity index (χ1) is 20.8. The van der Waals surface area contributed by atoms with Crippen LogP contribution in [0.2, 0.25) is 0 Å². The lowest BCUT2D eigenvalue weighted by atomic mass is 10.0. The molecule has 0 radical (unpaired) electrons. The van der Waals surface area contributed by atoms with Crippen molar-refractivity contribution in [3.8, 4) is 17.2 Å². The lowest BCUT2D eigenvalue weighted by Gasteiger charge is -2.16. The van der Waals surface area contributed by atoms with Crippen molar-refractivity contribution in [2.45, 2.75) is 12.8 Å². The van der Waals surface area contributed by atoms with Crippen LogP contribution in [0.1, 0.15) is 23.3 Å². The zero-order chi connectivity index (χ0) is 30.0. The highest BCUT2D eigenvalue weighted by Gasteiger charge is 2.56. The predicted octanol–water partition coefficient (Wildman–Crippen LogP) is 6.11. The van der Waals surface area contributed by atoms with Gasteiger partial charge in [0.15, 0.2) is 0 Å². The number of benzene rings is 3. The lowest BCUT2D eigenvalue weighted by Crippen LogP contribution is -2.35. The van der Waals surface area contributed by atoms with Crippen LogP contribution in [0.15, 0.2) is 91.1 Å². The number of anilines is 3. The number of hydrogen-bond donors (Lipinski definition) is 4. The molecule has 0 unspecified atom stereocenters. The van der Waals surface area contributed by atoms with Crippen LogP contribution in [-0.4, -0.2) is 34.8 Å². The zero-order valence-corrected chi connectivity index (χ0v) is 22.9. The molecule has 2 aromatic heterocycles. The fourth-order valence-corrected chi connectivity index (χ4v) is 4.60. The molecule has 0 atom stereocenters. The van der Waals surface area contributed by atoms with Gasteiger partial charge in [-0.3, -0.25) is 14.4 Å². The number of ether oxygens (including phenoxy) is 2. The first-order valence-electron chi connectivity index (χ1n) is 13.4. The van der Waals surface area contributed by atoms with Crippen LogP contribution in [0.25, 0.3) is 11.0 Å². The number of H-pyrrole nitrogens is 1. The van der Waals surface area contributed by atoms with E-state index in [1.807, 2.05) is 6.07 Å². The van der Waals surface area contributed by atoms with E-state index in [0.717, 1.165) is 0 Å². The average Bonchev–Trinajstić information content (AvgIpc) is 3.72. The maximum absolute atomic E-state index is 13.2. The minimum absolute atomic E-state index is 0.292. The van der Waals surface area contributed by atoms with Crippen molar-refractivity contribution < 1.29 is 28.2 Å². The Morgan fingerprint density at radius 1 is 0.837 bits per heavy atom. The molecule has 1 fully saturated rings. The molecule has 2 heterocycles. The van der Waals surface area contributed by atoms with Crippen molar-refractivity contribution in [1.29, 1.82) is 0 Å². The van der Waals surface area contributed by atoms with E-state index in [-0.39, 0.29) is 5.91 Å². The first kappa shape index (κ1) is 27.5. The molecule has 11 heteroatoms. The molecule has 1 aliphatic rings. The van der Waals surface area contributed by atoms with Crippen molar-refractivity contribution in [1.82, 2.24) is 9.97 Å². The first-order valence-corrected chi connectivity index (χ1v) is 13.4. The summed E-state index contributed by atoms with van der Waals surface area (Å²) in [5, 5.41) is 8.93. The highest BCUT2D eigenvalue weighted by Crippen LogP contribution is 2.47. The lowest BCUT2D eigenvalue weighted by molar-refractivity contribution is -0.131. The van der Waals surface area contributed by atoms with Crippen molar-refractivity contribution in [3.05, 3.63) is 103 Å². The van der Waals surface area contributed by atoms with Gasteiger partial charge in [0.05, 0.1) is 18.2 Å². The maximum Gasteiger partial charge on any atom is 0.272 e. The van der Waals surface area contributed by atoms with Crippen molar-refractivity contribution in [2.75, 3.05) is 23.1 Å². The number of fused-ring (bicyclic) bond motifs is 1. The number of aromatic amines is 1. The summed E-state index contributed by atoms with van der Waals surface area (Å²) in [5.74, 6) is -0.125. The molecule has 3 aromatic carbocycles. The van der Waals surface area contributed by atoms with Gasteiger partial charge in [0.1, 0.15) is 39.8 Å². The number of carbonyl (C=O) groups excluding carboxylic acids is 3. The van der Waals surface area contributed by atoms with E-state index in [1.54, 1.807) is 60.8 Å². The van der Waals surface area contributed by atoms with Crippen LogP contribution in [-0.2, 0) is 9.59 Å². The second kappa shape index (κ2) is 11.3. The van der Waals surface area contributed by atoms with Gasteiger partial charge in [0.25, 0.3) is 5.91 Å². The fraction of sp³-hybridized carbons (Fsp3) is 0.125. The Morgan fingerprint density at radius 2 is 1.49 bits per heavy atom. The van der Waals surface area contributed by atoms with Gasteiger partial charge < -0.3 is 30.4 Å². The molecule has 1 saturated carbocycles. The number of nitrogens with one attached hydrogen (secondary N) is 4. The van der Waals surface area contributed by atoms with Crippen LogP contribution in [0, 0.1) is 11.2 Å². The summed E-state index contributed by atoms with van der Waals surface area (Å²) in [6.45, 7) is 0. The fourth-order valence-electron chi connectivity index (χ4n) is 4.60. The summed E-state index contributed by atoms with van der Waals surface area (Å²) in [4.78, 5) is 46.1.